The van der Waals surface area contributed by atoms with E-state index in [1.54, 1.807) is 29.5 Å². The van der Waals surface area contributed by atoms with Gasteiger partial charge in [0.25, 0.3) is 0 Å². The van der Waals surface area contributed by atoms with Crippen LogP contribution in [0.3, 0.4) is 0 Å². The van der Waals surface area contributed by atoms with Crippen molar-refractivity contribution >= 4 is 40.6 Å². The van der Waals surface area contributed by atoms with Crippen molar-refractivity contribution in [2.75, 3.05) is 19.7 Å². The number of hydrogen-bond donors (Lipinski definition) is 1. The molecular weight excluding hydrogens is 490 g/mol. The van der Waals surface area contributed by atoms with Crippen molar-refractivity contribution in [1.29, 1.82) is 0 Å². The van der Waals surface area contributed by atoms with E-state index in [1.165, 1.54) is 0 Å². The summed E-state index contributed by atoms with van der Waals surface area (Å²) in [6.45, 7) is 5.42. The maximum atomic E-state index is 13.1. The second-order valence-corrected chi connectivity index (χ2v) is 9.30. The van der Waals surface area contributed by atoms with Crippen LogP contribution >= 0.6 is 23.2 Å². The number of imidazole rings is 1. The van der Waals surface area contributed by atoms with Gasteiger partial charge in [-0.25, -0.2) is 4.98 Å². The topological polar surface area (TPSA) is 58.4 Å². The Labute approximate surface area is 206 Å². The molecule has 0 atom stereocenters. The third-order valence-electron chi connectivity index (χ3n) is 5.98. The Morgan fingerprint density at radius 2 is 1.85 bits per heavy atom. The Balaban J connectivity index is 0.000000302. The van der Waals surface area contributed by atoms with Gasteiger partial charge in [0.1, 0.15) is 5.82 Å². The maximum absolute atomic E-state index is 13.1. The van der Waals surface area contributed by atoms with E-state index in [2.05, 4.69) is 4.98 Å². The highest BCUT2D eigenvalue weighted by molar-refractivity contribution is 6.36. The van der Waals surface area contributed by atoms with Crippen LogP contribution in [0.1, 0.15) is 34.5 Å². The Kier molecular flexibility index (Phi) is 8.16. The lowest BCUT2D eigenvalue weighted by molar-refractivity contribution is -0.137. The second kappa shape index (κ2) is 10.5. The zero-order chi connectivity index (χ0) is 25.2. The number of aliphatic hydroxyl groups excluding tert-OH is 1. The standard InChI is InChI=1S/C18H15Cl2F3N2.C6H11NO2/c1-9-4-5-13(19)12(16(9)20)8-15-24-17-10(2)6-11(18(21,22)23)7-14(17)25(15)3;8-2-1-6-3-7(4-6)5-9/h4-7H,8H2,1-3H3;5-6,8H,1-4H2. The zero-order valence-corrected chi connectivity index (χ0v) is 20.6. The summed E-state index contributed by atoms with van der Waals surface area (Å²) < 4.78 is 40.9. The molecule has 184 valence electrons. The molecule has 34 heavy (non-hydrogen) atoms. The van der Waals surface area contributed by atoms with E-state index in [0.717, 1.165) is 49.2 Å². The Hall–Kier alpha value is -2.29. The molecule has 0 bridgehead atoms. The average molecular weight is 516 g/mol. The van der Waals surface area contributed by atoms with E-state index in [4.69, 9.17) is 28.3 Å². The number of likely N-dealkylation sites (tertiary alicyclic amines) is 1. The van der Waals surface area contributed by atoms with Gasteiger partial charge in [-0.15, -0.1) is 0 Å². The molecule has 1 saturated heterocycles. The van der Waals surface area contributed by atoms with Gasteiger partial charge in [0, 0.05) is 43.2 Å². The van der Waals surface area contributed by atoms with Gasteiger partial charge in [-0.3, -0.25) is 4.79 Å². The van der Waals surface area contributed by atoms with Crippen LogP contribution in [0.4, 0.5) is 13.2 Å². The largest absolute Gasteiger partial charge is 0.416 e. The number of hydrogen-bond acceptors (Lipinski definition) is 3. The summed E-state index contributed by atoms with van der Waals surface area (Å²) in [5.74, 6) is 1.16. The number of aromatic nitrogens is 2. The summed E-state index contributed by atoms with van der Waals surface area (Å²) in [7, 11) is 1.70. The summed E-state index contributed by atoms with van der Waals surface area (Å²) >= 11 is 12.6. The molecule has 10 heteroatoms. The van der Waals surface area contributed by atoms with E-state index < -0.39 is 11.7 Å². The highest BCUT2D eigenvalue weighted by Gasteiger charge is 2.32. The van der Waals surface area contributed by atoms with Crippen molar-refractivity contribution in [2.45, 2.75) is 32.9 Å². The number of benzene rings is 2. The van der Waals surface area contributed by atoms with Gasteiger partial charge in [-0.2, -0.15) is 13.2 Å². The van der Waals surface area contributed by atoms with E-state index >= 15 is 0 Å². The molecule has 2 aromatic carbocycles. The predicted molar refractivity (Wildman–Crippen MR) is 127 cm³/mol. The van der Waals surface area contributed by atoms with E-state index in [1.807, 2.05) is 13.0 Å². The molecule has 1 aromatic heterocycles. The first kappa shape index (κ1) is 26.3. The molecule has 1 N–H and O–H groups in total. The van der Waals surface area contributed by atoms with Gasteiger partial charge in [0.05, 0.1) is 16.6 Å². The smallest absolute Gasteiger partial charge is 0.396 e. The van der Waals surface area contributed by atoms with Gasteiger partial charge in [-0.05, 0) is 61.1 Å². The molecule has 5 nitrogen and oxygen atoms in total. The number of nitrogens with zero attached hydrogens (tertiary/aromatic N) is 3. The number of carbonyl (C=O) groups excluding carboxylic acids is 1. The van der Waals surface area contributed by atoms with Gasteiger partial charge < -0.3 is 14.6 Å². The number of rotatable bonds is 5. The molecule has 3 aromatic rings. The summed E-state index contributed by atoms with van der Waals surface area (Å²) in [6.07, 6.45) is -2.37. The maximum Gasteiger partial charge on any atom is 0.416 e. The third-order valence-corrected chi connectivity index (χ3v) is 6.86. The fraction of sp³-hybridized carbons (Fsp3) is 0.417. The second-order valence-electron chi connectivity index (χ2n) is 8.52. The van der Waals surface area contributed by atoms with Crippen molar-refractivity contribution in [1.82, 2.24) is 14.5 Å². The Morgan fingerprint density at radius 3 is 2.44 bits per heavy atom. The SMILES string of the molecule is Cc1ccc(Cl)c(Cc2nc3c(C)cc(C(F)(F)F)cc3n2C)c1Cl.O=CN1CC(CCO)C1. The minimum absolute atomic E-state index is 0.247. The molecule has 1 amide bonds. The lowest BCUT2D eigenvalue weighted by atomic mass is 9.98. The molecule has 1 aliphatic heterocycles. The molecule has 0 saturated carbocycles. The molecule has 2 heterocycles. The monoisotopic (exact) mass is 515 g/mol. The quantitative estimate of drug-likeness (QED) is 0.452. The molecule has 4 rings (SSSR count). The number of carbonyl (C=O) groups is 1. The first-order chi connectivity index (χ1) is 16.0. The average Bonchev–Trinajstić information content (AvgIpc) is 3.06. The molecule has 1 fully saturated rings. The first-order valence-corrected chi connectivity index (χ1v) is 11.5. The van der Waals surface area contributed by atoms with Crippen molar-refractivity contribution < 1.29 is 23.1 Å². The van der Waals surface area contributed by atoms with Crippen molar-refractivity contribution in [2.24, 2.45) is 13.0 Å². The molecule has 0 radical (unpaired) electrons. The number of fused-ring (bicyclic) bond motifs is 1. The van der Waals surface area contributed by atoms with Crippen LogP contribution in [0.15, 0.2) is 24.3 Å². The highest BCUT2D eigenvalue weighted by Crippen LogP contribution is 2.34. The van der Waals surface area contributed by atoms with Crippen LogP contribution in [-0.4, -0.2) is 45.7 Å². The lowest BCUT2D eigenvalue weighted by Gasteiger charge is -2.35. The predicted octanol–water partition coefficient (Wildman–Crippen LogP) is 5.56. The number of alkyl halides is 3. The van der Waals surface area contributed by atoms with Crippen LogP contribution in [0, 0.1) is 19.8 Å². The normalized spacial score (nSPS) is 14.1. The first-order valence-electron chi connectivity index (χ1n) is 10.7. The van der Waals surface area contributed by atoms with Crippen LogP contribution in [-0.2, 0) is 24.4 Å². The fourth-order valence-corrected chi connectivity index (χ4v) is 4.43. The van der Waals surface area contributed by atoms with E-state index in [-0.39, 0.29) is 6.61 Å². The van der Waals surface area contributed by atoms with E-state index in [9.17, 15) is 18.0 Å². The lowest BCUT2D eigenvalue weighted by Crippen LogP contribution is -2.45. The summed E-state index contributed by atoms with van der Waals surface area (Å²) in [4.78, 5) is 16.2. The molecular formula is C24H26Cl2F3N3O2. The van der Waals surface area contributed by atoms with Crippen LogP contribution in [0.2, 0.25) is 10.0 Å². The minimum atomic E-state index is -4.40. The van der Waals surface area contributed by atoms with Crippen molar-refractivity contribution in [3.63, 3.8) is 0 Å². The van der Waals surface area contributed by atoms with Crippen molar-refractivity contribution in [3.8, 4) is 0 Å². The molecule has 0 aliphatic carbocycles. The number of aryl methyl sites for hydroxylation is 3. The van der Waals surface area contributed by atoms with Gasteiger partial charge >= 0.3 is 6.18 Å². The Morgan fingerprint density at radius 1 is 1.18 bits per heavy atom. The van der Waals surface area contributed by atoms with Crippen LogP contribution < -0.4 is 0 Å². The minimum Gasteiger partial charge on any atom is -0.396 e. The zero-order valence-electron chi connectivity index (χ0n) is 19.1. The van der Waals surface area contributed by atoms with Crippen LogP contribution in [0.25, 0.3) is 11.0 Å². The number of aliphatic hydroxyl groups is 1. The van der Waals surface area contributed by atoms with Crippen molar-refractivity contribution in [3.05, 3.63) is 62.4 Å². The summed E-state index contributed by atoms with van der Waals surface area (Å²) in [6, 6.07) is 5.82. The van der Waals surface area contributed by atoms with Gasteiger partial charge in [0.2, 0.25) is 6.41 Å². The number of amides is 1. The highest BCUT2D eigenvalue weighted by atomic mass is 35.5. The van der Waals surface area contributed by atoms with Crippen LogP contribution in [0.5, 0.6) is 0 Å². The third kappa shape index (κ3) is 5.67. The summed E-state index contributed by atoms with van der Waals surface area (Å²) in [5.41, 5.74) is 2.38. The molecule has 0 spiro atoms. The fourth-order valence-electron chi connectivity index (χ4n) is 3.92. The van der Waals surface area contributed by atoms with Gasteiger partial charge in [-0.1, -0.05) is 29.3 Å². The Bertz CT molecular complexity index is 1190. The number of halogens is 5. The molecule has 1 aliphatic rings. The van der Waals surface area contributed by atoms with E-state index in [0.29, 0.717) is 44.8 Å². The summed E-state index contributed by atoms with van der Waals surface area (Å²) in [5, 5.41) is 9.51. The van der Waals surface area contributed by atoms with Gasteiger partial charge in [0.15, 0.2) is 0 Å². The molecule has 0 unspecified atom stereocenters.